The van der Waals surface area contributed by atoms with Gasteiger partial charge in [-0.2, -0.15) is 0 Å². The van der Waals surface area contributed by atoms with Crippen LogP contribution in [0.25, 0.3) is 0 Å². The second kappa shape index (κ2) is 9.69. The summed E-state index contributed by atoms with van der Waals surface area (Å²) in [4.78, 5) is 21.0. The first-order valence-corrected chi connectivity index (χ1v) is 5.77. The van der Waals surface area contributed by atoms with Gasteiger partial charge in [0.15, 0.2) is 0 Å². The molecule has 2 amide bonds. The van der Waals surface area contributed by atoms with E-state index in [0.717, 1.165) is 5.92 Å². The average Bonchev–Trinajstić information content (AvgIpc) is 2.80. The predicted octanol–water partition coefficient (Wildman–Crippen LogP) is 1.45. The van der Waals surface area contributed by atoms with Crippen molar-refractivity contribution in [1.82, 2.24) is 10.6 Å². The molecule has 0 fully saturated rings. The number of hydrogen-bond donors (Lipinski definition) is 2. The molecule has 0 saturated heterocycles. The predicted molar refractivity (Wildman–Crippen MR) is 66.6 cm³/mol. The maximum absolute atomic E-state index is 10.5. The van der Waals surface area contributed by atoms with E-state index in [4.69, 9.17) is 0 Å². The zero-order valence-electron chi connectivity index (χ0n) is 10.8. The number of carbonyl (C=O) groups is 2. The van der Waals surface area contributed by atoms with Gasteiger partial charge in [0.1, 0.15) is 0 Å². The third-order valence-corrected chi connectivity index (χ3v) is 2.31. The van der Waals surface area contributed by atoms with Crippen molar-refractivity contribution in [3.63, 3.8) is 0 Å². The maximum Gasteiger partial charge on any atom is 0.314 e. The largest absolute Gasteiger partial charge is 0.469 e. The van der Waals surface area contributed by atoms with Gasteiger partial charge in [-0.1, -0.05) is 19.1 Å². The summed E-state index contributed by atoms with van der Waals surface area (Å²) in [6, 6.07) is -0.297. The van der Waals surface area contributed by atoms with E-state index in [1.807, 2.05) is 0 Å². The molecule has 17 heavy (non-hydrogen) atoms. The Morgan fingerprint density at radius 2 is 1.94 bits per heavy atom. The highest BCUT2D eigenvalue weighted by Gasteiger charge is 2.00. The molecular weight excluding hydrogens is 220 g/mol. The SMILES string of the molecule is CC1CC=CC1.CNC(=O)NCCC(=O)OC. The molecule has 0 unspecified atom stereocenters. The monoisotopic (exact) mass is 242 g/mol. The first-order chi connectivity index (χ1) is 8.10. The van der Waals surface area contributed by atoms with Gasteiger partial charge in [0, 0.05) is 13.6 Å². The van der Waals surface area contributed by atoms with Crippen molar-refractivity contribution < 1.29 is 14.3 Å². The fraction of sp³-hybridized carbons (Fsp3) is 0.667. The molecule has 2 N–H and O–H groups in total. The number of rotatable bonds is 3. The van der Waals surface area contributed by atoms with Crippen LogP contribution in [-0.2, 0) is 9.53 Å². The molecule has 1 aliphatic carbocycles. The van der Waals surface area contributed by atoms with E-state index in [1.165, 1.54) is 27.0 Å². The number of amides is 2. The van der Waals surface area contributed by atoms with E-state index in [2.05, 4.69) is 34.4 Å². The molecule has 98 valence electrons. The lowest BCUT2D eigenvalue weighted by atomic mass is 10.1. The molecule has 0 saturated carbocycles. The molecule has 1 rings (SSSR count). The van der Waals surface area contributed by atoms with Crippen LogP contribution in [0.15, 0.2) is 12.2 Å². The van der Waals surface area contributed by atoms with Gasteiger partial charge in [-0.25, -0.2) is 4.79 Å². The number of methoxy groups -OCH3 is 1. The quantitative estimate of drug-likeness (QED) is 0.581. The molecule has 0 bridgehead atoms. The van der Waals surface area contributed by atoms with Crippen LogP contribution in [0.5, 0.6) is 0 Å². The van der Waals surface area contributed by atoms with Crippen LogP contribution in [0.3, 0.4) is 0 Å². The number of nitrogens with one attached hydrogen (secondary N) is 2. The minimum atomic E-state index is -0.332. The van der Waals surface area contributed by atoms with Crippen molar-refractivity contribution in [1.29, 1.82) is 0 Å². The molecule has 1 aliphatic rings. The second-order valence-electron chi connectivity index (χ2n) is 3.88. The highest BCUT2D eigenvalue weighted by atomic mass is 16.5. The summed E-state index contributed by atoms with van der Waals surface area (Å²) in [5, 5.41) is 4.80. The molecule has 0 spiro atoms. The Hall–Kier alpha value is -1.52. The van der Waals surface area contributed by atoms with Crippen molar-refractivity contribution in [2.75, 3.05) is 20.7 Å². The van der Waals surface area contributed by atoms with Crippen LogP contribution >= 0.6 is 0 Å². The minimum absolute atomic E-state index is 0.198. The lowest BCUT2D eigenvalue weighted by Gasteiger charge is -2.01. The van der Waals surface area contributed by atoms with Gasteiger partial charge < -0.3 is 15.4 Å². The Kier molecular flexibility index (Phi) is 8.82. The molecule has 0 radical (unpaired) electrons. The molecule has 5 heteroatoms. The van der Waals surface area contributed by atoms with E-state index < -0.39 is 0 Å². The zero-order chi connectivity index (χ0) is 13.1. The van der Waals surface area contributed by atoms with Gasteiger partial charge in [0.25, 0.3) is 0 Å². The molecular formula is C12H22N2O3. The van der Waals surface area contributed by atoms with Gasteiger partial charge in [-0.15, -0.1) is 0 Å². The van der Waals surface area contributed by atoms with Crippen LogP contribution in [0, 0.1) is 5.92 Å². The molecule has 5 nitrogen and oxygen atoms in total. The molecule has 0 heterocycles. The van der Waals surface area contributed by atoms with Crippen LogP contribution in [0.4, 0.5) is 4.79 Å². The number of ether oxygens (including phenoxy) is 1. The van der Waals surface area contributed by atoms with Crippen molar-refractivity contribution >= 4 is 12.0 Å². The van der Waals surface area contributed by atoms with Gasteiger partial charge in [0.2, 0.25) is 0 Å². The normalized spacial score (nSPS) is 13.6. The lowest BCUT2D eigenvalue weighted by Crippen LogP contribution is -2.34. The van der Waals surface area contributed by atoms with Crippen molar-refractivity contribution in [3.05, 3.63) is 12.2 Å². The van der Waals surface area contributed by atoms with Gasteiger partial charge in [-0.3, -0.25) is 4.79 Å². The Balaban J connectivity index is 0.000000354. The molecule has 0 aliphatic heterocycles. The van der Waals surface area contributed by atoms with Crippen LogP contribution in [-0.4, -0.2) is 32.7 Å². The standard InChI is InChI=1S/C6H12N2O3.C6H10/c1-7-6(10)8-4-3-5(9)11-2;1-6-4-2-3-5-6/h3-4H2,1-2H3,(H2,7,8,10);2-3,6H,4-5H2,1H3. The topological polar surface area (TPSA) is 67.4 Å². The maximum atomic E-state index is 10.5. The summed E-state index contributed by atoms with van der Waals surface area (Å²) >= 11 is 0. The number of esters is 1. The Morgan fingerprint density at radius 3 is 2.29 bits per heavy atom. The smallest absolute Gasteiger partial charge is 0.314 e. The number of carbonyl (C=O) groups excluding carboxylic acids is 2. The fourth-order valence-electron chi connectivity index (χ4n) is 1.22. The van der Waals surface area contributed by atoms with Gasteiger partial charge in [-0.05, 0) is 18.8 Å². The van der Waals surface area contributed by atoms with Crippen LogP contribution in [0.2, 0.25) is 0 Å². The van der Waals surface area contributed by atoms with Crippen LogP contribution in [0.1, 0.15) is 26.2 Å². The van der Waals surface area contributed by atoms with E-state index in [1.54, 1.807) is 0 Å². The summed E-state index contributed by atoms with van der Waals surface area (Å²) in [5.74, 6) is 0.603. The van der Waals surface area contributed by atoms with Crippen molar-refractivity contribution in [3.8, 4) is 0 Å². The third kappa shape index (κ3) is 9.41. The van der Waals surface area contributed by atoms with Crippen molar-refractivity contribution in [2.45, 2.75) is 26.2 Å². The van der Waals surface area contributed by atoms with Gasteiger partial charge in [0.05, 0.1) is 13.5 Å². The lowest BCUT2D eigenvalue weighted by molar-refractivity contribution is -0.140. The average molecular weight is 242 g/mol. The van der Waals surface area contributed by atoms with E-state index in [9.17, 15) is 9.59 Å². The molecule has 0 aromatic heterocycles. The Labute approximate surface area is 103 Å². The molecule has 0 atom stereocenters. The minimum Gasteiger partial charge on any atom is -0.469 e. The first kappa shape index (κ1) is 15.5. The number of hydrogen-bond acceptors (Lipinski definition) is 3. The van der Waals surface area contributed by atoms with E-state index in [-0.39, 0.29) is 18.4 Å². The molecule has 0 aromatic rings. The summed E-state index contributed by atoms with van der Waals surface area (Å²) in [7, 11) is 2.82. The van der Waals surface area contributed by atoms with Gasteiger partial charge >= 0.3 is 12.0 Å². The fourth-order valence-corrected chi connectivity index (χ4v) is 1.22. The Bertz CT molecular complexity index is 240. The zero-order valence-corrected chi connectivity index (χ0v) is 10.8. The van der Waals surface area contributed by atoms with Crippen LogP contribution < -0.4 is 10.6 Å². The number of urea groups is 1. The summed E-state index contributed by atoms with van der Waals surface area (Å²) in [6.45, 7) is 2.58. The summed E-state index contributed by atoms with van der Waals surface area (Å²) in [5.41, 5.74) is 0. The third-order valence-electron chi connectivity index (χ3n) is 2.31. The Morgan fingerprint density at radius 1 is 1.35 bits per heavy atom. The first-order valence-electron chi connectivity index (χ1n) is 5.77. The highest BCUT2D eigenvalue weighted by Crippen LogP contribution is 2.15. The second-order valence-corrected chi connectivity index (χ2v) is 3.88. The summed E-state index contributed by atoms with van der Waals surface area (Å²) < 4.78 is 4.36. The van der Waals surface area contributed by atoms with E-state index >= 15 is 0 Å². The highest BCUT2D eigenvalue weighted by molar-refractivity contribution is 5.75. The number of allylic oxidation sites excluding steroid dienone is 2. The molecule has 0 aromatic carbocycles. The van der Waals surface area contributed by atoms with Crippen molar-refractivity contribution in [2.24, 2.45) is 5.92 Å². The van der Waals surface area contributed by atoms with E-state index in [0.29, 0.717) is 6.54 Å². The summed E-state index contributed by atoms with van der Waals surface area (Å²) in [6.07, 6.45) is 7.32.